The molecule has 1 heterocycles. The lowest BCUT2D eigenvalue weighted by atomic mass is 10.1. The maximum Gasteiger partial charge on any atom is 0.415 e. The molecule has 0 aromatic carbocycles. The van der Waals surface area contributed by atoms with Gasteiger partial charge in [0.2, 0.25) is 0 Å². The Morgan fingerprint density at radius 3 is 2.36 bits per heavy atom. The first-order valence-electron chi connectivity index (χ1n) is 4.84. The first kappa shape index (κ1) is 11.8. The van der Waals surface area contributed by atoms with E-state index in [1.807, 2.05) is 13.8 Å². The van der Waals surface area contributed by atoms with Gasteiger partial charge in [-0.05, 0) is 33.2 Å². The van der Waals surface area contributed by atoms with E-state index in [-0.39, 0.29) is 6.04 Å². The van der Waals surface area contributed by atoms with Crippen molar-refractivity contribution in [1.82, 2.24) is 4.90 Å². The molecule has 2 nitrogen and oxygen atoms in total. The molecule has 0 unspecified atom stereocenters. The summed E-state index contributed by atoms with van der Waals surface area (Å²) in [6, 6.07) is -0.700. The van der Waals surface area contributed by atoms with E-state index in [2.05, 4.69) is 0 Å². The topological polar surface area (TPSA) is 23.5 Å². The quantitative estimate of drug-likeness (QED) is 0.752. The maximum absolute atomic E-state index is 12.3. The van der Waals surface area contributed by atoms with Gasteiger partial charge in [0.1, 0.15) is 0 Å². The van der Waals surface area contributed by atoms with Crippen LogP contribution in [-0.4, -0.2) is 40.9 Å². The van der Waals surface area contributed by atoms with Crippen LogP contribution in [0.2, 0.25) is 0 Å². The van der Waals surface area contributed by atoms with Gasteiger partial charge in [0.15, 0.2) is 6.10 Å². The lowest BCUT2D eigenvalue weighted by molar-refractivity contribution is -0.220. The minimum absolute atomic E-state index is 0.0551. The Morgan fingerprint density at radius 1 is 1.36 bits per heavy atom. The molecule has 1 rings (SSSR count). The largest absolute Gasteiger partial charge is 0.415 e. The zero-order valence-electron chi connectivity index (χ0n) is 8.38. The molecule has 0 amide bonds. The van der Waals surface area contributed by atoms with Crippen LogP contribution in [0.25, 0.3) is 0 Å². The van der Waals surface area contributed by atoms with E-state index in [0.29, 0.717) is 13.0 Å². The Labute approximate surface area is 81.7 Å². The van der Waals surface area contributed by atoms with Gasteiger partial charge in [-0.15, -0.1) is 0 Å². The Balaban J connectivity index is 2.67. The van der Waals surface area contributed by atoms with Crippen LogP contribution in [0.3, 0.4) is 0 Å². The average molecular weight is 211 g/mol. The number of nitrogens with zero attached hydrogens (tertiary/aromatic N) is 1. The number of aliphatic hydroxyl groups excluding tert-OH is 1. The van der Waals surface area contributed by atoms with Crippen molar-refractivity contribution >= 4 is 0 Å². The SMILES string of the molecule is CC(C)N1CCC[C@H]1[C@H](O)C(F)(F)F. The molecule has 0 aromatic heterocycles. The minimum Gasteiger partial charge on any atom is -0.382 e. The van der Waals surface area contributed by atoms with Crippen molar-refractivity contribution in [2.75, 3.05) is 6.54 Å². The van der Waals surface area contributed by atoms with Crippen molar-refractivity contribution < 1.29 is 18.3 Å². The van der Waals surface area contributed by atoms with E-state index < -0.39 is 18.3 Å². The van der Waals surface area contributed by atoms with E-state index in [0.717, 1.165) is 6.42 Å². The fourth-order valence-electron chi connectivity index (χ4n) is 2.01. The van der Waals surface area contributed by atoms with Gasteiger partial charge >= 0.3 is 6.18 Å². The van der Waals surface area contributed by atoms with Crippen LogP contribution in [-0.2, 0) is 0 Å². The summed E-state index contributed by atoms with van der Waals surface area (Å²) in [7, 11) is 0. The molecule has 1 N–H and O–H groups in total. The van der Waals surface area contributed by atoms with Crippen molar-refractivity contribution in [2.45, 2.75) is 51.1 Å². The van der Waals surface area contributed by atoms with Gasteiger partial charge in [-0.3, -0.25) is 4.90 Å². The normalized spacial score (nSPS) is 27.2. The van der Waals surface area contributed by atoms with E-state index in [1.54, 1.807) is 4.90 Å². The summed E-state index contributed by atoms with van der Waals surface area (Å²) in [5, 5.41) is 9.14. The summed E-state index contributed by atoms with van der Waals surface area (Å²) in [6.07, 6.45) is -5.54. The predicted octanol–water partition coefficient (Wildman–Crippen LogP) is 1.78. The van der Waals surface area contributed by atoms with Crippen LogP contribution in [0, 0.1) is 0 Å². The lowest BCUT2D eigenvalue weighted by Crippen LogP contribution is -2.49. The van der Waals surface area contributed by atoms with E-state index >= 15 is 0 Å². The number of alkyl halides is 3. The predicted molar refractivity (Wildman–Crippen MR) is 46.9 cm³/mol. The number of rotatable bonds is 2. The van der Waals surface area contributed by atoms with Crippen molar-refractivity contribution in [1.29, 1.82) is 0 Å². The second-order valence-electron chi connectivity index (χ2n) is 4.03. The molecule has 14 heavy (non-hydrogen) atoms. The molecule has 1 fully saturated rings. The van der Waals surface area contributed by atoms with Crippen LogP contribution < -0.4 is 0 Å². The molecule has 0 saturated carbocycles. The fraction of sp³-hybridized carbons (Fsp3) is 1.00. The second-order valence-corrected chi connectivity index (χ2v) is 4.03. The summed E-state index contributed by atoms with van der Waals surface area (Å²) in [5.74, 6) is 0. The molecule has 1 aliphatic heterocycles. The highest BCUT2D eigenvalue weighted by molar-refractivity contribution is 4.89. The molecular formula is C9H16F3NO. The average Bonchev–Trinajstić information content (AvgIpc) is 2.48. The first-order valence-corrected chi connectivity index (χ1v) is 4.84. The molecule has 0 bridgehead atoms. The Kier molecular flexibility index (Phi) is 3.42. The Bertz CT molecular complexity index is 193. The molecule has 0 aromatic rings. The Hall–Kier alpha value is -0.290. The number of halogens is 3. The monoisotopic (exact) mass is 211 g/mol. The van der Waals surface area contributed by atoms with Gasteiger partial charge in [0, 0.05) is 12.1 Å². The van der Waals surface area contributed by atoms with Crippen molar-refractivity contribution in [3.63, 3.8) is 0 Å². The van der Waals surface area contributed by atoms with Gasteiger partial charge < -0.3 is 5.11 Å². The summed E-state index contributed by atoms with van der Waals surface area (Å²) in [6.45, 7) is 4.35. The van der Waals surface area contributed by atoms with Gasteiger partial charge in [-0.2, -0.15) is 13.2 Å². The van der Waals surface area contributed by atoms with Crippen LogP contribution in [0.4, 0.5) is 13.2 Å². The fourth-order valence-corrected chi connectivity index (χ4v) is 2.01. The zero-order chi connectivity index (χ0) is 10.9. The van der Waals surface area contributed by atoms with E-state index in [4.69, 9.17) is 5.11 Å². The van der Waals surface area contributed by atoms with Gasteiger partial charge in [-0.25, -0.2) is 0 Å². The van der Waals surface area contributed by atoms with Crippen molar-refractivity contribution in [3.05, 3.63) is 0 Å². The third kappa shape index (κ3) is 2.39. The van der Waals surface area contributed by atoms with E-state index in [9.17, 15) is 13.2 Å². The lowest BCUT2D eigenvalue weighted by Gasteiger charge is -2.32. The zero-order valence-corrected chi connectivity index (χ0v) is 8.38. The van der Waals surface area contributed by atoms with Gasteiger partial charge in [-0.1, -0.05) is 0 Å². The van der Waals surface area contributed by atoms with Crippen LogP contribution in [0.5, 0.6) is 0 Å². The van der Waals surface area contributed by atoms with Crippen LogP contribution in [0.15, 0.2) is 0 Å². The minimum atomic E-state index is -4.50. The smallest absolute Gasteiger partial charge is 0.382 e. The molecule has 5 heteroatoms. The summed E-state index contributed by atoms with van der Waals surface area (Å²) < 4.78 is 36.8. The van der Waals surface area contributed by atoms with Crippen molar-refractivity contribution in [2.24, 2.45) is 0 Å². The Morgan fingerprint density at radius 2 is 1.93 bits per heavy atom. The summed E-state index contributed by atoms with van der Waals surface area (Å²) in [5.41, 5.74) is 0. The summed E-state index contributed by atoms with van der Waals surface area (Å²) in [4.78, 5) is 1.72. The van der Waals surface area contributed by atoms with E-state index in [1.165, 1.54) is 0 Å². The second kappa shape index (κ2) is 4.06. The number of hydrogen-bond acceptors (Lipinski definition) is 2. The molecule has 2 atom stereocenters. The third-order valence-corrected chi connectivity index (χ3v) is 2.71. The first-order chi connectivity index (χ1) is 6.34. The number of likely N-dealkylation sites (tertiary alicyclic amines) is 1. The summed E-state index contributed by atoms with van der Waals surface area (Å²) >= 11 is 0. The van der Waals surface area contributed by atoms with Crippen molar-refractivity contribution in [3.8, 4) is 0 Å². The van der Waals surface area contributed by atoms with Crippen LogP contribution in [0.1, 0.15) is 26.7 Å². The molecular weight excluding hydrogens is 195 g/mol. The molecule has 1 saturated heterocycles. The third-order valence-electron chi connectivity index (χ3n) is 2.71. The molecule has 1 aliphatic rings. The number of aliphatic hydroxyl groups is 1. The van der Waals surface area contributed by atoms with Gasteiger partial charge in [0.05, 0.1) is 0 Å². The maximum atomic E-state index is 12.3. The molecule has 84 valence electrons. The van der Waals surface area contributed by atoms with Gasteiger partial charge in [0.25, 0.3) is 0 Å². The highest BCUT2D eigenvalue weighted by atomic mass is 19.4. The highest BCUT2D eigenvalue weighted by Gasteiger charge is 2.47. The molecule has 0 radical (unpaired) electrons. The molecule has 0 spiro atoms. The number of hydrogen-bond donors (Lipinski definition) is 1. The standard InChI is InChI=1S/C9H16F3NO/c1-6(2)13-5-3-4-7(13)8(14)9(10,11)12/h6-8,14H,3-5H2,1-2H3/t7-,8-/m0/s1. The molecule has 0 aliphatic carbocycles. The highest BCUT2D eigenvalue weighted by Crippen LogP contribution is 2.31. The van der Waals surface area contributed by atoms with Crippen LogP contribution >= 0.6 is 0 Å².